The van der Waals surface area contributed by atoms with Gasteiger partial charge in [-0.3, -0.25) is 0 Å². The van der Waals surface area contributed by atoms with E-state index in [0.717, 1.165) is 13.2 Å². The Balaban J connectivity index is 2.19. The van der Waals surface area contributed by atoms with Gasteiger partial charge in [0, 0.05) is 12.6 Å². The van der Waals surface area contributed by atoms with E-state index < -0.39 is 0 Å². The maximum atomic E-state index is 5.33. The maximum absolute atomic E-state index is 5.33. The molecule has 2 nitrogen and oxygen atoms in total. The molecule has 0 spiro atoms. The van der Waals surface area contributed by atoms with Crippen molar-refractivity contribution in [2.75, 3.05) is 13.2 Å². The van der Waals surface area contributed by atoms with Gasteiger partial charge in [0.25, 0.3) is 0 Å². The van der Waals surface area contributed by atoms with Crippen LogP contribution in [-0.2, 0) is 4.74 Å². The standard InChI is InChI=1S/C6H13NO/c1-5-4-8-6(2)3-7-5/h5-7H,3-4H2,1-2H3/t5?,6-/m1/s1. The second-order valence-corrected chi connectivity index (χ2v) is 2.45. The van der Waals surface area contributed by atoms with Crippen LogP contribution in [-0.4, -0.2) is 25.3 Å². The number of ether oxygens (including phenoxy) is 1. The molecule has 1 heterocycles. The van der Waals surface area contributed by atoms with Crippen molar-refractivity contribution >= 4 is 0 Å². The van der Waals surface area contributed by atoms with E-state index in [-0.39, 0.29) is 0 Å². The summed E-state index contributed by atoms with van der Waals surface area (Å²) in [5.41, 5.74) is 0. The molecule has 1 rings (SSSR count). The van der Waals surface area contributed by atoms with Gasteiger partial charge in [0.2, 0.25) is 0 Å². The van der Waals surface area contributed by atoms with Crippen molar-refractivity contribution in [2.45, 2.75) is 26.0 Å². The smallest absolute Gasteiger partial charge is 0.0672 e. The summed E-state index contributed by atoms with van der Waals surface area (Å²) in [6.07, 6.45) is 0.409. The van der Waals surface area contributed by atoms with E-state index >= 15 is 0 Å². The van der Waals surface area contributed by atoms with Crippen LogP contribution in [0.3, 0.4) is 0 Å². The van der Waals surface area contributed by atoms with Crippen molar-refractivity contribution in [2.24, 2.45) is 0 Å². The minimum Gasteiger partial charge on any atom is -0.376 e. The highest BCUT2D eigenvalue weighted by Crippen LogP contribution is 1.97. The molecule has 0 aromatic heterocycles. The molecule has 0 bridgehead atoms. The van der Waals surface area contributed by atoms with Crippen LogP contribution in [0, 0.1) is 0 Å². The van der Waals surface area contributed by atoms with Gasteiger partial charge >= 0.3 is 0 Å². The molecule has 1 aliphatic heterocycles. The lowest BCUT2D eigenvalue weighted by Gasteiger charge is -2.25. The van der Waals surface area contributed by atoms with Gasteiger partial charge in [0.05, 0.1) is 12.7 Å². The Morgan fingerprint density at radius 3 is 2.62 bits per heavy atom. The molecular weight excluding hydrogens is 102 g/mol. The number of nitrogens with one attached hydrogen (secondary N) is 1. The van der Waals surface area contributed by atoms with E-state index in [4.69, 9.17) is 4.74 Å². The molecule has 1 unspecified atom stereocenters. The van der Waals surface area contributed by atoms with Gasteiger partial charge in [-0.05, 0) is 13.8 Å². The molecule has 0 aliphatic carbocycles. The third-order valence-corrected chi connectivity index (χ3v) is 1.38. The van der Waals surface area contributed by atoms with Crippen LogP contribution in [0.15, 0.2) is 0 Å². The van der Waals surface area contributed by atoms with Crippen molar-refractivity contribution in [3.63, 3.8) is 0 Å². The SMILES string of the molecule is CC1CO[C@H](C)CN1. The van der Waals surface area contributed by atoms with Crippen molar-refractivity contribution in [1.82, 2.24) is 5.32 Å². The molecule has 1 fully saturated rings. The maximum Gasteiger partial charge on any atom is 0.0672 e. The van der Waals surface area contributed by atoms with E-state index in [1.807, 2.05) is 0 Å². The first-order valence-corrected chi connectivity index (χ1v) is 3.14. The minimum atomic E-state index is 0.409. The third kappa shape index (κ3) is 1.46. The first kappa shape index (κ1) is 6.05. The summed E-state index contributed by atoms with van der Waals surface area (Å²) in [4.78, 5) is 0. The lowest BCUT2D eigenvalue weighted by Crippen LogP contribution is -2.43. The summed E-state index contributed by atoms with van der Waals surface area (Å²) in [6.45, 7) is 6.08. The van der Waals surface area contributed by atoms with Crippen molar-refractivity contribution in [3.8, 4) is 0 Å². The van der Waals surface area contributed by atoms with E-state index in [0.29, 0.717) is 12.1 Å². The summed E-state index contributed by atoms with van der Waals surface area (Å²) in [5.74, 6) is 0. The Bertz CT molecular complexity index is 56.9. The largest absolute Gasteiger partial charge is 0.376 e. The molecule has 1 aliphatic rings. The molecule has 2 atom stereocenters. The van der Waals surface area contributed by atoms with Gasteiger partial charge in [-0.2, -0.15) is 0 Å². The van der Waals surface area contributed by atoms with Crippen LogP contribution in [0.4, 0.5) is 0 Å². The predicted octanol–water partition coefficient (Wildman–Crippen LogP) is 0.383. The normalized spacial score (nSPS) is 39.8. The first-order chi connectivity index (χ1) is 3.79. The number of hydrogen-bond acceptors (Lipinski definition) is 2. The fraction of sp³-hybridized carbons (Fsp3) is 1.00. The highest BCUT2D eigenvalue weighted by atomic mass is 16.5. The van der Waals surface area contributed by atoms with Gasteiger partial charge in [0.15, 0.2) is 0 Å². The quantitative estimate of drug-likeness (QED) is 0.493. The number of rotatable bonds is 0. The number of morpholine rings is 1. The highest BCUT2D eigenvalue weighted by molar-refractivity contribution is 4.68. The first-order valence-electron chi connectivity index (χ1n) is 3.14. The summed E-state index contributed by atoms with van der Waals surface area (Å²) in [6, 6.07) is 0.547. The van der Waals surface area contributed by atoms with Gasteiger partial charge in [-0.15, -0.1) is 0 Å². The van der Waals surface area contributed by atoms with Crippen molar-refractivity contribution < 1.29 is 4.74 Å². The molecule has 0 aromatic carbocycles. The van der Waals surface area contributed by atoms with Crippen LogP contribution in [0.2, 0.25) is 0 Å². The van der Waals surface area contributed by atoms with Gasteiger partial charge in [0.1, 0.15) is 0 Å². The average Bonchev–Trinajstić information content (AvgIpc) is 1.77. The fourth-order valence-electron chi connectivity index (χ4n) is 0.794. The van der Waals surface area contributed by atoms with Gasteiger partial charge in [-0.1, -0.05) is 0 Å². The van der Waals surface area contributed by atoms with E-state index in [2.05, 4.69) is 19.2 Å². The summed E-state index contributed by atoms with van der Waals surface area (Å²) >= 11 is 0. The fourth-order valence-corrected chi connectivity index (χ4v) is 0.794. The van der Waals surface area contributed by atoms with Crippen LogP contribution in [0.1, 0.15) is 13.8 Å². The van der Waals surface area contributed by atoms with E-state index in [9.17, 15) is 0 Å². The number of hydrogen-bond donors (Lipinski definition) is 1. The molecular formula is C6H13NO. The highest BCUT2D eigenvalue weighted by Gasteiger charge is 2.12. The minimum absolute atomic E-state index is 0.409. The molecule has 1 N–H and O–H groups in total. The Labute approximate surface area is 50.2 Å². The summed E-state index contributed by atoms with van der Waals surface area (Å²) < 4.78 is 5.33. The summed E-state index contributed by atoms with van der Waals surface area (Å²) in [5, 5.41) is 3.31. The molecule has 0 amide bonds. The van der Waals surface area contributed by atoms with Crippen molar-refractivity contribution in [3.05, 3.63) is 0 Å². The molecule has 8 heavy (non-hydrogen) atoms. The van der Waals surface area contributed by atoms with Gasteiger partial charge < -0.3 is 10.1 Å². The lowest BCUT2D eigenvalue weighted by molar-refractivity contribution is 0.0196. The zero-order valence-corrected chi connectivity index (χ0v) is 5.48. The van der Waals surface area contributed by atoms with Crippen LogP contribution in [0.5, 0.6) is 0 Å². The van der Waals surface area contributed by atoms with E-state index in [1.54, 1.807) is 0 Å². The molecule has 0 radical (unpaired) electrons. The van der Waals surface area contributed by atoms with Crippen LogP contribution < -0.4 is 5.32 Å². The molecule has 0 saturated carbocycles. The Kier molecular flexibility index (Phi) is 1.86. The monoisotopic (exact) mass is 115 g/mol. The Hall–Kier alpha value is -0.0800. The van der Waals surface area contributed by atoms with Crippen LogP contribution in [0.25, 0.3) is 0 Å². The molecule has 1 saturated heterocycles. The van der Waals surface area contributed by atoms with Gasteiger partial charge in [-0.25, -0.2) is 0 Å². The third-order valence-electron chi connectivity index (χ3n) is 1.38. The molecule has 0 aromatic rings. The summed E-state index contributed by atoms with van der Waals surface area (Å²) in [7, 11) is 0. The zero-order chi connectivity index (χ0) is 5.98. The second-order valence-electron chi connectivity index (χ2n) is 2.45. The Morgan fingerprint density at radius 1 is 1.50 bits per heavy atom. The Morgan fingerprint density at radius 2 is 2.25 bits per heavy atom. The van der Waals surface area contributed by atoms with Crippen molar-refractivity contribution in [1.29, 1.82) is 0 Å². The average molecular weight is 115 g/mol. The molecule has 48 valence electrons. The predicted molar refractivity (Wildman–Crippen MR) is 32.9 cm³/mol. The molecule has 2 heteroatoms. The van der Waals surface area contributed by atoms with Crippen LogP contribution >= 0.6 is 0 Å². The lowest BCUT2D eigenvalue weighted by atomic mass is 10.3. The second kappa shape index (κ2) is 2.46. The van der Waals surface area contributed by atoms with E-state index in [1.165, 1.54) is 0 Å². The zero-order valence-electron chi connectivity index (χ0n) is 5.48. The topological polar surface area (TPSA) is 21.3 Å².